The van der Waals surface area contributed by atoms with Crippen LogP contribution in [-0.4, -0.2) is 0 Å². The van der Waals surface area contributed by atoms with E-state index in [2.05, 4.69) is 23.7 Å². The molecular weight excluding hydrogens is 673 g/mol. The summed E-state index contributed by atoms with van der Waals surface area (Å²) in [6.07, 6.45) is 0. The van der Waals surface area contributed by atoms with E-state index in [0.29, 0.717) is 11.1 Å². The zero-order valence-electron chi connectivity index (χ0n) is 17.8. The molecule has 0 unspecified atom stereocenters. The van der Waals surface area contributed by atoms with Gasteiger partial charge in [0.2, 0.25) is 0 Å². The molecule has 0 fully saturated rings. The molecule has 0 nitrogen and oxygen atoms in total. The number of benzene rings is 3. The van der Waals surface area contributed by atoms with Crippen LogP contribution in [0, 0.1) is 23.7 Å². The van der Waals surface area contributed by atoms with Gasteiger partial charge in [-0.05, 0) is 36.4 Å². The molecule has 3 rings (SSSR count). The Balaban J connectivity index is 1.95. The van der Waals surface area contributed by atoms with Gasteiger partial charge in [-0.3, -0.25) is 0 Å². The Morgan fingerprint density at radius 2 is 0.684 bits per heavy atom. The van der Waals surface area contributed by atoms with Gasteiger partial charge in [0, 0.05) is 22.3 Å². The molecule has 16 heteroatoms. The van der Waals surface area contributed by atoms with Crippen LogP contribution in [0.15, 0.2) is 75.6 Å². The molecule has 3 aromatic rings. The number of rotatable bonds is 8. The predicted octanol–water partition coefficient (Wildman–Crippen LogP) is 12.3. The van der Waals surface area contributed by atoms with Crippen LogP contribution in [0.3, 0.4) is 0 Å². The van der Waals surface area contributed by atoms with Crippen LogP contribution >= 0.6 is 97.2 Å². The first-order valence-electron chi connectivity index (χ1n) is 9.34. The van der Waals surface area contributed by atoms with Gasteiger partial charge in [0.15, 0.2) is 0 Å². The maximum Gasteiger partial charge on any atom is 0.0838 e. The van der Waals surface area contributed by atoms with Crippen LogP contribution in [0.2, 0.25) is 0 Å². The van der Waals surface area contributed by atoms with Gasteiger partial charge in [0.1, 0.15) is 0 Å². The van der Waals surface area contributed by atoms with E-state index in [-0.39, 0.29) is 89.1 Å². The SMILES string of the molecule is FSc1cc(C#Cc2ccc(C#Cc3cc(SF)c(SF)c(SF)c3SF)cc2)c(SF)c(SF)c1SF. The largest absolute Gasteiger partial charge is 0.160 e. The van der Waals surface area contributed by atoms with Crippen LogP contribution in [0.25, 0.3) is 0 Å². The van der Waals surface area contributed by atoms with Crippen LogP contribution in [0.1, 0.15) is 22.3 Å². The van der Waals surface area contributed by atoms with Gasteiger partial charge in [0.05, 0.1) is 136 Å². The quantitative estimate of drug-likeness (QED) is 0.168. The van der Waals surface area contributed by atoms with Gasteiger partial charge in [-0.15, -0.1) is 0 Å². The number of hydrogen-bond donors (Lipinski definition) is 0. The van der Waals surface area contributed by atoms with Crippen molar-refractivity contribution in [3.63, 3.8) is 0 Å². The maximum absolute atomic E-state index is 13.5. The minimum absolute atomic E-state index is 0.0475. The van der Waals surface area contributed by atoms with Crippen molar-refractivity contribution in [3.05, 3.63) is 58.7 Å². The molecule has 0 aliphatic carbocycles. The molecule has 0 aliphatic rings. The predicted molar refractivity (Wildman–Crippen MR) is 147 cm³/mol. The topological polar surface area (TPSA) is 0 Å². The first kappa shape index (κ1) is 31.5. The molecule has 0 atom stereocenters. The van der Waals surface area contributed by atoms with Crippen LogP contribution in [-0.2, 0) is 0 Å². The molecule has 0 heterocycles. The summed E-state index contributed by atoms with van der Waals surface area (Å²) in [5.41, 5.74) is 0.729. The summed E-state index contributed by atoms with van der Waals surface area (Å²) < 4.78 is 107. The van der Waals surface area contributed by atoms with Crippen molar-refractivity contribution < 1.29 is 31.1 Å². The molecule has 0 saturated carbocycles. The smallest absolute Gasteiger partial charge is 0.0838 e. The summed E-state index contributed by atoms with van der Waals surface area (Å²) in [5, 5.41) is 0. The van der Waals surface area contributed by atoms with Crippen molar-refractivity contribution in [2.45, 2.75) is 39.2 Å². The number of halogens is 8. The third-order valence-electron chi connectivity index (χ3n) is 4.51. The number of hydrogen-bond acceptors (Lipinski definition) is 8. The summed E-state index contributed by atoms with van der Waals surface area (Å²) in [4.78, 5) is -2.70. The molecule has 0 spiro atoms. The third-order valence-corrected chi connectivity index (χ3v) is 9.70. The Kier molecular flexibility index (Phi) is 13.0. The Morgan fingerprint density at radius 3 is 0.947 bits per heavy atom. The van der Waals surface area contributed by atoms with Gasteiger partial charge in [-0.1, -0.05) is 23.7 Å². The van der Waals surface area contributed by atoms with Crippen LogP contribution < -0.4 is 0 Å². The van der Waals surface area contributed by atoms with E-state index in [0.717, 1.165) is 12.1 Å². The normalized spacial score (nSPS) is 10.5. The van der Waals surface area contributed by atoms with E-state index < -0.39 is 58.4 Å². The second-order valence-corrected chi connectivity index (χ2v) is 11.1. The van der Waals surface area contributed by atoms with Crippen molar-refractivity contribution in [2.24, 2.45) is 0 Å². The second-order valence-electron chi connectivity index (χ2n) is 6.51. The molecule has 0 amide bonds. The minimum Gasteiger partial charge on any atom is -0.160 e. The molecule has 198 valence electrons. The molecule has 0 aromatic heterocycles. The maximum atomic E-state index is 13.5. The summed E-state index contributed by atoms with van der Waals surface area (Å²) in [5.74, 6) is 10.7. The van der Waals surface area contributed by atoms with Gasteiger partial charge < -0.3 is 0 Å². The van der Waals surface area contributed by atoms with Crippen LogP contribution in [0.4, 0.5) is 31.1 Å². The summed E-state index contributed by atoms with van der Waals surface area (Å²) >= 11 is -3.00. The molecule has 3 aromatic carbocycles. The average molecular weight is 679 g/mol. The van der Waals surface area contributed by atoms with E-state index in [4.69, 9.17) is 0 Å². The van der Waals surface area contributed by atoms with Gasteiger partial charge >= 0.3 is 0 Å². The lowest BCUT2D eigenvalue weighted by atomic mass is 10.1. The minimum atomic E-state index is -0.422. The zero-order chi connectivity index (χ0) is 27.7. The Hall–Kier alpha value is -0.980. The second kappa shape index (κ2) is 15.7. The highest BCUT2D eigenvalue weighted by Crippen LogP contribution is 2.48. The Bertz CT molecular complexity index is 1320. The molecule has 38 heavy (non-hydrogen) atoms. The van der Waals surface area contributed by atoms with Crippen molar-refractivity contribution in [1.29, 1.82) is 0 Å². The fourth-order valence-corrected chi connectivity index (χ4v) is 6.98. The van der Waals surface area contributed by atoms with E-state index >= 15 is 0 Å². The van der Waals surface area contributed by atoms with Crippen LogP contribution in [0.5, 0.6) is 0 Å². The van der Waals surface area contributed by atoms with Crippen molar-refractivity contribution in [3.8, 4) is 23.7 Å². The van der Waals surface area contributed by atoms with Crippen molar-refractivity contribution in [1.82, 2.24) is 0 Å². The lowest BCUT2D eigenvalue weighted by Gasteiger charge is -2.10. The van der Waals surface area contributed by atoms with E-state index in [1.807, 2.05) is 0 Å². The molecule has 0 aliphatic heterocycles. The zero-order valence-corrected chi connectivity index (χ0v) is 24.3. The third kappa shape index (κ3) is 7.20. The van der Waals surface area contributed by atoms with E-state index in [1.165, 1.54) is 24.3 Å². The van der Waals surface area contributed by atoms with Crippen molar-refractivity contribution in [2.75, 3.05) is 0 Å². The highest BCUT2D eigenvalue weighted by molar-refractivity contribution is 8.00. The molecule has 0 bridgehead atoms. The summed E-state index contributed by atoms with van der Waals surface area (Å²) in [6.45, 7) is 0. The molecule has 0 N–H and O–H groups in total. The van der Waals surface area contributed by atoms with Gasteiger partial charge in [-0.25, -0.2) is 0 Å². The average Bonchev–Trinajstić information content (AvgIpc) is 2.97. The van der Waals surface area contributed by atoms with Gasteiger partial charge in [-0.2, -0.15) is 31.1 Å². The first-order valence-corrected chi connectivity index (χ1v) is 15.1. The van der Waals surface area contributed by atoms with Crippen molar-refractivity contribution >= 4 is 97.2 Å². The van der Waals surface area contributed by atoms with Gasteiger partial charge in [0.25, 0.3) is 0 Å². The molecule has 0 saturated heterocycles. The summed E-state index contributed by atoms with van der Waals surface area (Å²) in [7, 11) is 0. The fraction of sp³-hybridized carbons (Fsp3) is 0. The highest BCUT2D eigenvalue weighted by atomic mass is 32.2. The Labute approximate surface area is 248 Å². The summed E-state index contributed by atoms with van der Waals surface area (Å²) in [6, 6.07) is 8.34. The molecular formula is C22H6F8S8. The monoisotopic (exact) mass is 678 g/mol. The Morgan fingerprint density at radius 1 is 0.368 bits per heavy atom. The fourth-order valence-electron chi connectivity index (χ4n) is 2.85. The highest BCUT2D eigenvalue weighted by Gasteiger charge is 2.22. The molecule has 0 radical (unpaired) electrons. The lowest BCUT2D eigenvalue weighted by molar-refractivity contribution is 0.855. The standard InChI is InChI=1S/C22H6F8S8/c23-31-15-9-13(17(33-25)21(37-29)19(15)35-27)7-5-11-1-2-12(4-3-11)6-8-14-10-16(32-24)20(36-28)22(38-30)18(14)34-26/h1-4,9-10H. The lowest BCUT2D eigenvalue weighted by Crippen LogP contribution is -1.90. The van der Waals surface area contributed by atoms with E-state index in [9.17, 15) is 31.1 Å². The van der Waals surface area contributed by atoms with E-state index in [1.54, 1.807) is 0 Å². The first-order chi connectivity index (χ1) is 18.5.